The third-order valence-corrected chi connectivity index (χ3v) is 6.25. The van der Waals surface area contributed by atoms with Gasteiger partial charge in [0.15, 0.2) is 11.5 Å². The maximum atomic E-state index is 9.85. The van der Waals surface area contributed by atoms with Crippen LogP contribution in [0.2, 0.25) is 0 Å². The number of ether oxygens (including phenoxy) is 3. The Bertz CT molecular complexity index is 614. The van der Waals surface area contributed by atoms with Gasteiger partial charge in [-0.2, -0.15) is 0 Å². The Balaban J connectivity index is 0.000000273. The summed E-state index contributed by atoms with van der Waals surface area (Å²) in [6, 6.07) is 7.11. The molecule has 0 spiro atoms. The van der Waals surface area contributed by atoms with Crippen LogP contribution in [0.1, 0.15) is 64.4 Å². The smallest absolute Gasteiger partial charge is 0.161 e. The van der Waals surface area contributed by atoms with E-state index in [4.69, 9.17) is 14.2 Å². The van der Waals surface area contributed by atoms with Crippen molar-refractivity contribution < 1.29 is 19.3 Å². The van der Waals surface area contributed by atoms with Crippen molar-refractivity contribution in [2.24, 2.45) is 0 Å². The zero-order chi connectivity index (χ0) is 23.2. The zero-order valence-electron chi connectivity index (χ0n) is 20.8. The molecule has 32 heavy (non-hydrogen) atoms. The minimum Gasteiger partial charge on any atom is -0.493 e. The second kappa shape index (κ2) is 15.5. The summed E-state index contributed by atoms with van der Waals surface area (Å²) in [6.07, 6.45) is 10.6. The van der Waals surface area contributed by atoms with Crippen LogP contribution in [-0.4, -0.2) is 75.3 Å². The van der Waals surface area contributed by atoms with Gasteiger partial charge in [-0.3, -0.25) is 0 Å². The van der Waals surface area contributed by atoms with Crippen molar-refractivity contribution in [3.8, 4) is 11.5 Å². The Labute approximate surface area is 195 Å². The van der Waals surface area contributed by atoms with Gasteiger partial charge in [-0.15, -0.1) is 0 Å². The standard InChI is InChI=1S/C16H27NO4.C10H19N/c1-12(2)17-10-14(18)11-21-15-6-5-13(7-8-19-3)9-16(15)20-4;1-2-6-10(7-3-1)11-8-4-5-9-11/h5-6,9,12,14,17-18H,7-8,10-11H2,1-4H3;10H,1-9H2. The molecule has 2 aliphatic rings. The highest BCUT2D eigenvalue weighted by atomic mass is 16.5. The van der Waals surface area contributed by atoms with Gasteiger partial charge in [-0.05, 0) is 62.9 Å². The number of methoxy groups -OCH3 is 2. The third kappa shape index (κ3) is 10.1. The lowest BCUT2D eigenvalue weighted by molar-refractivity contribution is 0.103. The van der Waals surface area contributed by atoms with E-state index in [0.717, 1.165) is 18.0 Å². The normalized spacial score (nSPS) is 18.3. The topological polar surface area (TPSA) is 63.2 Å². The van der Waals surface area contributed by atoms with E-state index in [1.54, 1.807) is 14.2 Å². The van der Waals surface area contributed by atoms with E-state index in [1.165, 1.54) is 58.0 Å². The molecule has 184 valence electrons. The number of nitrogens with one attached hydrogen (secondary N) is 1. The lowest BCUT2D eigenvalue weighted by Gasteiger charge is -2.30. The molecular weight excluding hydrogens is 404 g/mol. The highest BCUT2D eigenvalue weighted by molar-refractivity contribution is 5.43. The van der Waals surface area contributed by atoms with Gasteiger partial charge in [0, 0.05) is 25.7 Å². The van der Waals surface area contributed by atoms with Crippen molar-refractivity contribution in [3.05, 3.63) is 23.8 Å². The Morgan fingerprint density at radius 1 is 1.03 bits per heavy atom. The van der Waals surface area contributed by atoms with Gasteiger partial charge < -0.3 is 29.5 Å². The van der Waals surface area contributed by atoms with Crippen molar-refractivity contribution in [2.45, 2.75) is 83.4 Å². The van der Waals surface area contributed by atoms with Crippen molar-refractivity contribution in [1.29, 1.82) is 0 Å². The second-order valence-corrected chi connectivity index (χ2v) is 9.29. The molecule has 0 amide bonds. The molecule has 1 heterocycles. The van der Waals surface area contributed by atoms with Gasteiger partial charge in [0.25, 0.3) is 0 Å². The summed E-state index contributed by atoms with van der Waals surface area (Å²) < 4.78 is 16.0. The van der Waals surface area contributed by atoms with Gasteiger partial charge in [0.2, 0.25) is 0 Å². The quantitative estimate of drug-likeness (QED) is 0.531. The van der Waals surface area contributed by atoms with E-state index >= 15 is 0 Å². The Morgan fingerprint density at radius 2 is 1.75 bits per heavy atom. The minimum absolute atomic E-state index is 0.230. The first kappa shape index (κ1) is 26.9. The second-order valence-electron chi connectivity index (χ2n) is 9.29. The molecule has 6 nitrogen and oxygen atoms in total. The number of rotatable bonds is 11. The predicted molar refractivity (Wildman–Crippen MR) is 131 cm³/mol. The van der Waals surface area contributed by atoms with Gasteiger partial charge in [0.1, 0.15) is 12.7 Å². The first-order valence-electron chi connectivity index (χ1n) is 12.5. The van der Waals surface area contributed by atoms with Crippen molar-refractivity contribution in [1.82, 2.24) is 10.2 Å². The van der Waals surface area contributed by atoms with Crippen molar-refractivity contribution in [2.75, 3.05) is 47.1 Å². The number of hydrogen-bond acceptors (Lipinski definition) is 6. The minimum atomic E-state index is -0.551. The van der Waals surface area contributed by atoms with Gasteiger partial charge in [-0.1, -0.05) is 39.2 Å². The number of hydrogen-bond donors (Lipinski definition) is 2. The fourth-order valence-corrected chi connectivity index (χ4v) is 4.38. The summed E-state index contributed by atoms with van der Waals surface area (Å²) in [4.78, 5) is 2.72. The first-order valence-corrected chi connectivity index (χ1v) is 12.5. The largest absolute Gasteiger partial charge is 0.493 e. The fourth-order valence-electron chi connectivity index (χ4n) is 4.38. The van der Waals surface area contributed by atoms with E-state index in [-0.39, 0.29) is 6.61 Å². The zero-order valence-corrected chi connectivity index (χ0v) is 20.8. The Morgan fingerprint density at radius 3 is 2.38 bits per heavy atom. The van der Waals surface area contributed by atoms with E-state index in [9.17, 15) is 5.11 Å². The molecule has 1 aliphatic carbocycles. The molecule has 1 aromatic carbocycles. The van der Waals surface area contributed by atoms with Crippen LogP contribution in [0.3, 0.4) is 0 Å². The molecule has 0 bridgehead atoms. The van der Waals surface area contributed by atoms with Crippen LogP contribution in [0.4, 0.5) is 0 Å². The molecule has 1 aliphatic heterocycles. The Kier molecular flexibility index (Phi) is 13.0. The molecular formula is C26H46N2O4. The Hall–Kier alpha value is -1.34. The van der Waals surface area contributed by atoms with Gasteiger partial charge >= 0.3 is 0 Å². The average molecular weight is 451 g/mol. The highest BCUT2D eigenvalue weighted by Crippen LogP contribution is 2.28. The average Bonchev–Trinajstić information content (AvgIpc) is 3.36. The molecule has 1 aromatic rings. The molecule has 1 unspecified atom stereocenters. The monoisotopic (exact) mass is 450 g/mol. The SMILES string of the molecule is C1CCC(N2CCCC2)CC1.COCCc1ccc(OCC(O)CNC(C)C)c(OC)c1. The maximum Gasteiger partial charge on any atom is 0.161 e. The van der Waals surface area contributed by atoms with E-state index in [2.05, 4.69) is 10.2 Å². The molecule has 3 rings (SSSR count). The fraction of sp³-hybridized carbons (Fsp3) is 0.769. The molecule has 1 saturated carbocycles. The molecule has 1 atom stereocenters. The molecule has 2 fully saturated rings. The lowest BCUT2D eigenvalue weighted by atomic mass is 9.94. The van der Waals surface area contributed by atoms with E-state index < -0.39 is 6.10 Å². The van der Waals surface area contributed by atoms with Gasteiger partial charge in [0.05, 0.1) is 13.7 Å². The van der Waals surface area contributed by atoms with E-state index in [1.807, 2.05) is 32.0 Å². The van der Waals surface area contributed by atoms with Crippen LogP contribution in [0.25, 0.3) is 0 Å². The number of aliphatic hydroxyl groups is 1. The molecule has 6 heteroatoms. The van der Waals surface area contributed by atoms with Crippen LogP contribution in [0.15, 0.2) is 18.2 Å². The highest BCUT2D eigenvalue weighted by Gasteiger charge is 2.22. The summed E-state index contributed by atoms with van der Waals surface area (Å²) >= 11 is 0. The van der Waals surface area contributed by atoms with Crippen LogP contribution < -0.4 is 14.8 Å². The summed E-state index contributed by atoms with van der Waals surface area (Å²) in [5.74, 6) is 1.31. The molecule has 0 aromatic heterocycles. The van der Waals surface area contributed by atoms with Crippen LogP contribution in [-0.2, 0) is 11.2 Å². The van der Waals surface area contributed by atoms with Crippen LogP contribution >= 0.6 is 0 Å². The number of likely N-dealkylation sites (tertiary alicyclic amines) is 1. The lowest BCUT2D eigenvalue weighted by Crippen LogP contribution is -2.35. The molecule has 2 N–H and O–H groups in total. The van der Waals surface area contributed by atoms with Crippen LogP contribution in [0, 0.1) is 0 Å². The summed E-state index contributed by atoms with van der Waals surface area (Å²) in [5, 5.41) is 13.0. The third-order valence-electron chi connectivity index (χ3n) is 6.25. The van der Waals surface area contributed by atoms with Crippen LogP contribution in [0.5, 0.6) is 11.5 Å². The molecule has 0 radical (unpaired) electrons. The number of aliphatic hydroxyl groups excluding tert-OH is 1. The number of benzene rings is 1. The van der Waals surface area contributed by atoms with E-state index in [0.29, 0.717) is 30.7 Å². The van der Waals surface area contributed by atoms with Crippen molar-refractivity contribution in [3.63, 3.8) is 0 Å². The summed E-state index contributed by atoms with van der Waals surface area (Å²) in [6.45, 7) is 8.27. The predicted octanol–water partition coefficient (Wildman–Crippen LogP) is 4.04. The molecule has 1 saturated heterocycles. The van der Waals surface area contributed by atoms with Crippen molar-refractivity contribution >= 4 is 0 Å². The van der Waals surface area contributed by atoms with Gasteiger partial charge in [-0.25, -0.2) is 0 Å². The summed E-state index contributed by atoms with van der Waals surface area (Å²) in [7, 11) is 3.29. The number of nitrogens with zero attached hydrogens (tertiary/aromatic N) is 1. The maximum absolute atomic E-state index is 9.85. The summed E-state index contributed by atoms with van der Waals surface area (Å²) in [5.41, 5.74) is 1.13. The first-order chi connectivity index (χ1) is 15.5.